The first-order valence-electron chi connectivity index (χ1n) is 7.23. The van der Waals surface area contributed by atoms with Gasteiger partial charge in [0.15, 0.2) is 11.6 Å². The van der Waals surface area contributed by atoms with Crippen LogP contribution in [0.5, 0.6) is 5.75 Å². The largest absolute Gasteiger partial charge is 0.494 e. The molecule has 2 atom stereocenters. The van der Waals surface area contributed by atoms with Crippen LogP contribution in [0.3, 0.4) is 0 Å². The lowest BCUT2D eigenvalue weighted by molar-refractivity contribution is -0.0567. The summed E-state index contributed by atoms with van der Waals surface area (Å²) in [5, 5.41) is 3.35. The van der Waals surface area contributed by atoms with E-state index in [1.54, 1.807) is 12.1 Å². The van der Waals surface area contributed by atoms with Crippen molar-refractivity contribution < 1.29 is 13.9 Å². The molecule has 1 aromatic rings. The number of likely N-dealkylation sites (N-methyl/N-ethyl adjacent to an activating group) is 1. The molecule has 0 aromatic heterocycles. The van der Waals surface area contributed by atoms with E-state index in [4.69, 9.17) is 9.47 Å². The SMILES string of the molecule is CCNC(c1cccc(OC)c1F)C(C)(CC)OCC. The molecule has 0 fully saturated rings. The van der Waals surface area contributed by atoms with Gasteiger partial charge in [0.1, 0.15) is 0 Å². The van der Waals surface area contributed by atoms with E-state index in [0.29, 0.717) is 12.2 Å². The van der Waals surface area contributed by atoms with Gasteiger partial charge in [0.25, 0.3) is 0 Å². The smallest absolute Gasteiger partial charge is 0.169 e. The van der Waals surface area contributed by atoms with Crippen LogP contribution < -0.4 is 10.1 Å². The zero-order valence-electron chi connectivity index (χ0n) is 13.1. The Bertz CT molecular complexity index is 425. The maximum absolute atomic E-state index is 14.5. The third-order valence-electron chi connectivity index (χ3n) is 3.72. The van der Waals surface area contributed by atoms with Gasteiger partial charge in [0, 0.05) is 12.2 Å². The van der Waals surface area contributed by atoms with Crippen LogP contribution in [0.1, 0.15) is 45.7 Å². The third-order valence-corrected chi connectivity index (χ3v) is 3.72. The minimum atomic E-state index is -0.460. The lowest BCUT2D eigenvalue weighted by Gasteiger charge is -2.38. The second-order valence-corrected chi connectivity index (χ2v) is 4.95. The van der Waals surface area contributed by atoms with Gasteiger partial charge in [0.05, 0.1) is 18.8 Å². The summed E-state index contributed by atoms with van der Waals surface area (Å²) in [4.78, 5) is 0. The van der Waals surface area contributed by atoms with Crippen LogP contribution in [-0.4, -0.2) is 25.9 Å². The number of nitrogens with one attached hydrogen (secondary N) is 1. The van der Waals surface area contributed by atoms with E-state index in [9.17, 15) is 4.39 Å². The second-order valence-electron chi connectivity index (χ2n) is 4.95. The van der Waals surface area contributed by atoms with Crippen LogP contribution in [0, 0.1) is 5.82 Å². The molecule has 1 rings (SSSR count). The second kappa shape index (κ2) is 7.60. The van der Waals surface area contributed by atoms with Crippen molar-refractivity contribution in [3.8, 4) is 5.75 Å². The van der Waals surface area contributed by atoms with Crippen molar-refractivity contribution in [2.75, 3.05) is 20.3 Å². The molecular weight excluding hydrogens is 257 g/mol. The van der Waals surface area contributed by atoms with E-state index < -0.39 is 5.60 Å². The first-order chi connectivity index (χ1) is 9.53. The maximum atomic E-state index is 14.5. The molecule has 0 saturated heterocycles. The predicted octanol–water partition coefficient (Wildman–Crippen LogP) is 3.69. The summed E-state index contributed by atoms with van der Waals surface area (Å²) in [7, 11) is 1.48. The van der Waals surface area contributed by atoms with E-state index in [1.165, 1.54) is 7.11 Å². The van der Waals surface area contributed by atoms with E-state index in [-0.39, 0.29) is 17.6 Å². The molecule has 20 heavy (non-hydrogen) atoms. The average molecular weight is 283 g/mol. The Morgan fingerprint density at radius 2 is 2.00 bits per heavy atom. The minimum Gasteiger partial charge on any atom is -0.494 e. The van der Waals surface area contributed by atoms with Gasteiger partial charge in [-0.3, -0.25) is 0 Å². The minimum absolute atomic E-state index is 0.215. The van der Waals surface area contributed by atoms with Gasteiger partial charge in [0.2, 0.25) is 0 Å². The van der Waals surface area contributed by atoms with Crippen molar-refractivity contribution in [3.63, 3.8) is 0 Å². The molecule has 1 aromatic carbocycles. The van der Waals surface area contributed by atoms with Crippen LogP contribution in [-0.2, 0) is 4.74 Å². The highest BCUT2D eigenvalue weighted by Gasteiger charge is 2.36. The molecule has 0 saturated carbocycles. The monoisotopic (exact) mass is 283 g/mol. The fraction of sp³-hybridized carbons (Fsp3) is 0.625. The third kappa shape index (κ3) is 3.49. The Morgan fingerprint density at radius 3 is 2.50 bits per heavy atom. The highest BCUT2D eigenvalue weighted by Crippen LogP contribution is 2.35. The Hall–Kier alpha value is -1.13. The van der Waals surface area contributed by atoms with Crippen LogP contribution >= 0.6 is 0 Å². The molecule has 0 radical (unpaired) electrons. The quantitative estimate of drug-likeness (QED) is 0.789. The summed E-state index contributed by atoms with van der Waals surface area (Å²) in [5.41, 5.74) is 0.127. The topological polar surface area (TPSA) is 30.5 Å². The predicted molar refractivity (Wildman–Crippen MR) is 79.7 cm³/mol. The summed E-state index contributed by atoms with van der Waals surface area (Å²) in [5.74, 6) is -0.0549. The molecule has 2 unspecified atom stereocenters. The summed E-state index contributed by atoms with van der Waals surface area (Å²) >= 11 is 0. The van der Waals surface area contributed by atoms with Crippen LogP contribution in [0.2, 0.25) is 0 Å². The normalized spacial score (nSPS) is 15.7. The van der Waals surface area contributed by atoms with Crippen LogP contribution in [0.15, 0.2) is 18.2 Å². The van der Waals surface area contributed by atoms with Gasteiger partial charge in [-0.05, 0) is 32.9 Å². The number of halogens is 1. The van der Waals surface area contributed by atoms with E-state index in [1.807, 2.05) is 26.8 Å². The first kappa shape index (κ1) is 16.9. The molecule has 0 amide bonds. The average Bonchev–Trinajstić information content (AvgIpc) is 2.45. The molecule has 0 bridgehead atoms. The number of benzene rings is 1. The van der Waals surface area contributed by atoms with Gasteiger partial charge >= 0.3 is 0 Å². The highest BCUT2D eigenvalue weighted by atomic mass is 19.1. The molecule has 1 N–H and O–H groups in total. The maximum Gasteiger partial charge on any atom is 0.169 e. The number of rotatable bonds is 8. The molecule has 114 valence electrons. The van der Waals surface area contributed by atoms with Crippen molar-refractivity contribution >= 4 is 0 Å². The van der Waals surface area contributed by atoms with Crippen molar-refractivity contribution in [2.45, 2.75) is 45.8 Å². The molecule has 0 aliphatic rings. The fourth-order valence-corrected chi connectivity index (χ4v) is 2.49. The van der Waals surface area contributed by atoms with Gasteiger partial charge < -0.3 is 14.8 Å². The number of methoxy groups -OCH3 is 1. The molecule has 0 heterocycles. The van der Waals surface area contributed by atoms with Crippen LogP contribution in [0.25, 0.3) is 0 Å². The molecular formula is C16H26FNO2. The summed E-state index contributed by atoms with van der Waals surface area (Å²) in [6.07, 6.45) is 0.787. The van der Waals surface area contributed by atoms with Crippen LogP contribution in [0.4, 0.5) is 4.39 Å². The summed E-state index contributed by atoms with van der Waals surface area (Å²) in [6.45, 7) is 9.37. The fourth-order valence-electron chi connectivity index (χ4n) is 2.49. The molecule has 0 aliphatic heterocycles. The molecule has 4 heteroatoms. The Balaban J connectivity index is 3.26. The van der Waals surface area contributed by atoms with Crippen molar-refractivity contribution in [3.05, 3.63) is 29.6 Å². The highest BCUT2D eigenvalue weighted by molar-refractivity contribution is 5.34. The van der Waals surface area contributed by atoms with E-state index in [0.717, 1.165) is 13.0 Å². The van der Waals surface area contributed by atoms with Crippen molar-refractivity contribution in [2.24, 2.45) is 0 Å². The lowest BCUT2D eigenvalue weighted by Crippen LogP contribution is -2.44. The number of hydrogen-bond acceptors (Lipinski definition) is 3. The molecule has 3 nitrogen and oxygen atoms in total. The van der Waals surface area contributed by atoms with Crippen molar-refractivity contribution in [1.29, 1.82) is 0 Å². The zero-order chi connectivity index (χ0) is 15.2. The lowest BCUT2D eigenvalue weighted by atomic mass is 9.87. The Kier molecular flexibility index (Phi) is 6.43. The van der Waals surface area contributed by atoms with Gasteiger partial charge in [-0.15, -0.1) is 0 Å². The summed E-state index contributed by atoms with van der Waals surface area (Å²) in [6, 6.07) is 5.01. The molecule has 0 spiro atoms. The van der Waals surface area contributed by atoms with Gasteiger partial charge in [-0.1, -0.05) is 26.0 Å². The first-order valence-corrected chi connectivity index (χ1v) is 7.23. The summed E-state index contributed by atoms with van der Waals surface area (Å²) < 4.78 is 25.5. The van der Waals surface area contributed by atoms with Crippen molar-refractivity contribution in [1.82, 2.24) is 5.32 Å². The van der Waals surface area contributed by atoms with Gasteiger partial charge in [-0.25, -0.2) is 4.39 Å². The number of hydrogen-bond donors (Lipinski definition) is 1. The number of ether oxygens (including phenoxy) is 2. The standard InChI is InChI=1S/C16H26FNO2/c1-6-16(4,20-8-3)15(18-7-2)12-10-9-11-13(19-5)14(12)17/h9-11,15,18H,6-8H2,1-5H3. The van der Waals surface area contributed by atoms with E-state index >= 15 is 0 Å². The molecule has 0 aliphatic carbocycles. The Labute approximate surface area is 121 Å². The Morgan fingerprint density at radius 1 is 1.30 bits per heavy atom. The van der Waals surface area contributed by atoms with E-state index in [2.05, 4.69) is 12.2 Å². The van der Waals surface area contributed by atoms with Gasteiger partial charge in [-0.2, -0.15) is 0 Å². The zero-order valence-corrected chi connectivity index (χ0v) is 13.1.